The Morgan fingerprint density at radius 2 is 1.68 bits per heavy atom. The Labute approximate surface area is 188 Å². The molecule has 0 unspecified atom stereocenters. The molecule has 0 saturated heterocycles. The van der Waals surface area contributed by atoms with Crippen LogP contribution in [0.1, 0.15) is 46.4 Å². The van der Waals surface area contributed by atoms with E-state index < -0.39 is 10.0 Å². The van der Waals surface area contributed by atoms with E-state index in [-0.39, 0.29) is 27.4 Å². The largest absolute Gasteiger partial charge is 0.345 e. The molecule has 0 aliphatic carbocycles. The van der Waals surface area contributed by atoms with Gasteiger partial charge in [-0.3, -0.25) is 9.52 Å². The first kappa shape index (κ1) is 22.8. The number of amides is 1. The van der Waals surface area contributed by atoms with Gasteiger partial charge in [0, 0.05) is 11.3 Å². The number of halogens is 1. The molecule has 1 atom stereocenters. The van der Waals surface area contributed by atoms with Crippen molar-refractivity contribution >= 4 is 33.2 Å². The molecule has 0 bridgehead atoms. The van der Waals surface area contributed by atoms with Crippen LogP contribution in [0, 0.1) is 13.8 Å². The Kier molecular flexibility index (Phi) is 7.03. The monoisotopic (exact) mass is 456 g/mol. The molecular weight excluding hydrogens is 432 g/mol. The molecule has 3 aromatic carbocycles. The predicted molar refractivity (Wildman–Crippen MR) is 125 cm³/mol. The van der Waals surface area contributed by atoms with Crippen LogP contribution in [0.2, 0.25) is 5.02 Å². The number of benzene rings is 3. The van der Waals surface area contributed by atoms with Crippen molar-refractivity contribution in [3.05, 3.63) is 94.0 Å². The number of carbonyl (C=O) groups excluding carboxylic acids is 1. The fourth-order valence-corrected chi connectivity index (χ4v) is 4.81. The van der Waals surface area contributed by atoms with E-state index in [1.807, 2.05) is 51.1 Å². The van der Waals surface area contributed by atoms with Crippen molar-refractivity contribution in [3.63, 3.8) is 0 Å². The van der Waals surface area contributed by atoms with Crippen molar-refractivity contribution in [2.24, 2.45) is 0 Å². The third-order valence-corrected chi connectivity index (χ3v) is 6.81. The van der Waals surface area contributed by atoms with E-state index in [4.69, 9.17) is 11.6 Å². The number of hydrogen-bond donors (Lipinski definition) is 2. The first-order valence-corrected chi connectivity index (χ1v) is 11.8. The first-order valence-electron chi connectivity index (χ1n) is 9.96. The summed E-state index contributed by atoms with van der Waals surface area (Å²) in [7, 11) is -3.97. The van der Waals surface area contributed by atoms with Crippen LogP contribution in [0.15, 0.2) is 71.6 Å². The van der Waals surface area contributed by atoms with Crippen LogP contribution in [0.4, 0.5) is 5.69 Å². The minimum absolute atomic E-state index is 0.0438. The second-order valence-corrected chi connectivity index (χ2v) is 9.52. The van der Waals surface area contributed by atoms with Gasteiger partial charge < -0.3 is 5.32 Å². The van der Waals surface area contributed by atoms with Crippen molar-refractivity contribution < 1.29 is 13.2 Å². The van der Waals surface area contributed by atoms with Gasteiger partial charge in [0.2, 0.25) is 0 Å². The maximum Gasteiger partial charge on any atom is 0.263 e. The highest BCUT2D eigenvalue weighted by atomic mass is 35.5. The second kappa shape index (κ2) is 9.54. The summed E-state index contributed by atoms with van der Waals surface area (Å²) in [6.45, 7) is 5.85. The van der Waals surface area contributed by atoms with Gasteiger partial charge in [0.15, 0.2) is 0 Å². The van der Waals surface area contributed by atoms with Crippen LogP contribution < -0.4 is 10.0 Å². The molecule has 0 fully saturated rings. The van der Waals surface area contributed by atoms with E-state index in [1.54, 1.807) is 18.2 Å². The Morgan fingerprint density at radius 1 is 0.968 bits per heavy atom. The van der Waals surface area contributed by atoms with Gasteiger partial charge in [-0.05, 0) is 61.7 Å². The SMILES string of the molecule is CC[C@@H](NC(=O)c1ccc(Cl)c(S(=O)(=O)Nc2cccc(C)c2)c1)c1ccc(C)cc1. The molecule has 0 aliphatic rings. The molecule has 7 heteroatoms. The molecule has 0 saturated carbocycles. The smallest absolute Gasteiger partial charge is 0.263 e. The van der Waals surface area contributed by atoms with Gasteiger partial charge in [0.05, 0.1) is 11.1 Å². The molecule has 31 heavy (non-hydrogen) atoms. The van der Waals surface area contributed by atoms with Crippen molar-refractivity contribution in [3.8, 4) is 0 Å². The number of anilines is 1. The highest BCUT2D eigenvalue weighted by molar-refractivity contribution is 7.92. The van der Waals surface area contributed by atoms with E-state index in [2.05, 4.69) is 10.0 Å². The Bertz CT molecular complexity index is 1190. The normalized spacial score (nSPS) is 12.3. The number of carbonyl (C=O) groups is 1. The summed E-state index contributed by atoms with van der Waals surface area (Å²) < 4.78 is 28.3. The summed E-state index contributed by atoms with van der Waals surface area (Å²) in [5.74, 6) is -0.365. The molecule has 0 spiro atoms. The summed E-state index contributed by atoms with van der Waals surface area (Å²) in [5, 5.41) is 3.02. The van der Waals surface area contributed by atoms with Crippen molar-refractivity contribution in [1.82, 2.24) is 5.32 Å². The van der Waals surface area contributed by atoms with Gasteiger partial charge in [-0.15, -0.1) is 0 Å². The van der Waals surface area contributed by atoms with E-state index in [9.17, 15) is 13.2 Å². The van der Waals surface area contributed by atoms with Gasteiger partial charge in [-0.25, -0.2) is 8.42 Å². The van der Waals surface area contributed by atoms with Gasteiger partial charge in [-0.1, -0.05) is 60.5 Å². The van der Waals surface area contributed by atoms with Crippen LogP contribution >= 0.6 is 11.6 Å². The maximum absolute atomic E-state index is 12.9. The lowest BCUT2D eigenvalue weighted by Crippen LogP contribution is -2.28. The Morgan fingerprint density at radius 3 is 2.32 bits per heavy atom. The summed E-state index contributed by atoms with van der Waals surface area (Å²) in [5.41, 5.74) is 3.69. The highest BCUT2D eigenvalue weighted by Gasteiger charge is 2.22. The predicted octanol–water partition coefficient (Wildman–Crippen LogP) is 5.64. The first-order chi connectivity index (χ1) is 14.7. The van der Waals surface area contributed by atoms with E-state index in [0.717, 1.165) is 16.7 Å². The fourth-order valence-electron chi connectivity index (χ4n) is 3.23. The lowest BCUT2D eigenvalue weighted by atomic mass is 10.0. The zero-order chi connectivity index (χ0) is 22.6. The molecule has 3 rings (SSSR count). The summed E-state index contributed by atoms with van der Waals surface area (Å²) in [4.78, 5) is 12.7. The molecule has 1 amide bonds. The number of nitrogens with one attached hydrogen (secondary N) is 2. The van der Waals surface area contributed by atoms with Gasteiger partial charge in [0.1, 0.15) is 4.90 Å². The highest BCUT2D eigenvalue weighted by Crippen LogP contribution is 2.26. The van der Waals surface area contributed by atoms with Crippen LogP contribution in [0.3, 0.4) is 0 Å². The molecule has 0 heterocycles. The standard InChI is InChI=1S/C24H25ClN2O3S/c1-4-22(18-10-8-16(2)9-11-18)26-24(28)19-12-13-21(25)23(15-19)31(29,30)27-20-7-5-6-17(3)14-20/h5-15,22,27H,4H2,1-3H3,(H,26,28)/t22-/m1/s1. The van der Waals surface area contributed by atoms with Crippen LogP contribution in [0.5, 0.6) is 0 Å². The average Bonchev–Trinajstić information content (AvgIpc) is 2.72. The third kappa shape index (κ3) is 5.66. The van der Waals surface area contributed by atoms with E-state index >= 15 is 0 Å². The molecule has 0 aromatic heterocycles. The van der Waals surface area contributed by atoms with Crippen LogP contribution in [-0.2, 0) is 10.0 Å². The van der Waals surface area contributed by atoms with Crippen LogP contribution in [-0.4, -0.2) is 14.3 Å². The number of aryl methyl sites for hydroxylation is 2. The van der Waals surface area contributed by atoms with Crippen molar-refractivity contribution in [1.29, 1.82) is 0 Å². The Balaban J connectivity index is 1.85. The van der Waals surface area contributed by atoms with Crippen molar-refractivity contribution in [2.75, 3.05) is 4.72 Å². The minimum atomic E-state index is -3.97. The van der Waals surface area contributed by atoms with Crippen LogP contribution in [0.25, 0.3) is 0 Å². The van der Waals surface area contributed by atoms with E-state index in [0.29, 0.717) is 12.1 Å². The van der Waals surface area contributed by atoms with Gasteiger partial charge in [-0.2, -0.15) is 0 Å². The summed E-state index contributed by atoms with van der Waals surface area (Å²) in [6, 6.07) is 19.0. The number of hydrogen-bond acceptors (Lipinski definition) is 3. The fraction of sp³-hybridized carbons (Fsp3) is 0.208. The third-order valence-electron chi connectivity index (χ3n) is 4.95. The Hall–Kier alpha value is -2.83. The lowest BCUT2D eigenvalue weighted by Gasteiger charge is -2.18. The lowest BCUT2D eigenvalue weighted by molar-refractivity contribution is 0.0935. The second-order valence-electron chi connectivity index (χ2n) is 7.47. The zero-order valence-corrected chi connectivity index (χ0v) is 19.2. The molecule has 0 aliphatic heterocycles. The molecule has 2 N–H and O–H groups in total. The summed E-state index contributed by atoms with van der Waals surface area (Å²) >= 11 is 6.18. The molecular formula is C24H25ClN2O3S. The van der Waals surface area contributed by atoms with Gasteiger partial charge in [0.25, 0.3) is 15.9 Å². The van der Waals surface area contributed by atoms with Gasteiger partial charge >= 0.3 is 0 Å². The topological polar surface area (TPSA) is 75.3 Å². The maximum atomic E-state index is 12.9. The number of rotatable bonds is 7. The summed E-state index contributed by atoms with van der Waals surface area (Å²) in [6.07, 6.45) is 0.697. The molecule has 5 nitrogen and oxygen atoms in total. The number of sulfonamides is 1. The molecule has 3 aromatic rings. The molecule has 0 radical (unpaired) electrons. The minimum Gasteiger partial charge on any atom is -0.345 e. The average molecular weight is 457 g/mol. The quantitative estimate of drug-likeness (QED) is 0.483. The zero-order valence-electron chi connectivity index (χ0n) is 17.6. The molecule has 162 valence electrons. The van der Waals surface area contributed by atoms with Crippen molar-refractivity contribution in [2.45, 2.75) is 38.1 Å². The van der Waals surface area contributed by atoms with E-state index in [1.165, 1.54) is 18.2 Å².